The highest BCUT2D eigenvalue weighted by atomic mass is 19.1. The monoisotopic (exact) mass is 420 g/mol. The van der Waals surface area contributed by atoms with E-state index in [9.17, 15) is 9.18 Å². The van der Waals surface area contributed by atoms with Crippen LogP contribution < -0.4 is 15.0 Å². The van der Waals surface area contributed by atoms with E-state index in [1.165, 1.54) is 12.1 Å². The molecule has 1 aliphatic rings. The molecule has 2 aromatic carbocycles. The average Bonchev–Trinajstić information content (AvgIpc) is 2.81. The molecule has 0 radical (unpaired) electrons. The Morgan fingerprint density at radius 3 is 2.48 bits per heavy atom. The Morgan fingerprint density at radius 2 is 1.81 bits per heavy atom. The number of hydrogen-bond acceptors (Lipinski definition) is 5. The van der Waals surface area contributed by atoms with Crippen molar-refractivity contribution in [2.75, 3.05) is 29.9 Å². The van der Waals surface area contributed by atoms with Crippen molar-refractivity contribution in [2.24, 2.45) is 5.92 Å². The fraction of sp³-hybridized carbons (Fsp3) is 0.292. The van der Waals surface area contributed by atoms with Crippen LogP contribution in [0.25, 0.3) is 11.4 Å². The molecule has 1 saturated heterocycles. The van der Waals surface area contributed by atoms with Crippen LogP contribution >= 0.6 is 0 Å². The minimum Gasteiger partial charge on any atom is -0.494 e. The molecule has 6 nitrogen and oxygen atoms in total. The van der Waals surface area contributed by atoms with Crippen LogP contribution in [0.15, 0.2) is 60.8 Å². The molecule has 0 saturated carbocycles. The zero-order chi connectivity index (χ0) is 21.6. The normalized spacial score (nSPS) is 14.3. The third kappa shape index (κ3) is 5.17. The smallest absolute Gasteiger partial charge is 0.227 e. The van der Waals surface area contributed by atoms with E-state index in [1.54, 1.807) is 18.3 Å². The van der Waals surface area contributed by atoms with E-state index in [4.69, 9.17) is 4.74 Å². The summed E-state index contributed by atoms with van der Waals surface area (Å²) in [5.41, 5.74) is 1.54. The Morgan fingerprint density at radius 1 is 1.10 bits per heavy atom. The van der Waals surface area contributed by atoms with Gasteiger partial charge in [-0.25, -0.2) is 14.4 Å². The molecule has 2 heterocycles. The number of piperidine rings is 1. The predicted octanol–water partition coefficient (Wildman–Crippen LogP) is 4.54. The van der Waals surface area contributed by atoms with E-state index in [1.807, 2.05) is 37.3 Å². The SMILES string of the molecule is CCOc1ccc(NC(=O)C2CCN(c3ccnc(-c4ccc(F)cc4)n3)CC2)cc1. The topological polar surface area (TPSA) is 67.3 Å². The molecule has 31 heavy (non-hydrogen) atoms. The van der Waals surface area contributed by atoms with Gasteiger partial charge in [-0.2, -0.15) is 0 Å². The third-order valence-corrected chi connectivity index (χ3v) is 5.37. The molecule has 0 atom stereocenters. The molecular weight excluding hydrogens is 395 g/mol. The number of anilines is 2. The van der Waals surface area contributed by atoms with Gasteiger partial charge in [-0.15, -0.1) is 0 Å². The molecular formula is C24H25FN4O2. The van der Waals surface area contributed by atoms with Gasteiger partial charge in [0.15, 0.2) is 5.82 Å². The summed E-state index contributed by atoms with van der Waals surface area (Å²) in [5, 5.41) is 3.00. The first kappa shape index (κ1) is 20.8. The molecule has 0 spiro atoms. The number of ether oxygens (including phenoxy) is 1. The van der Waals surface area contributed by atoms with Gasteiger partial charge in [0.1, 0.15) is 17.4 Å². The summed E-state index contributed by atoms with van der Waals surface area (Å²) < 4.78 is 18.6. The second-order valence-corrected chi connectivity index (χ2v) is 7.45. The van der Waals surface area contributed by atoms with Crippen molar-refractivity contribution in [1.29, 1.82) is 0 Å². The summed E-state index contributed by atoms with van der Waals surface area (Å²) in [6.07, 6.45) is 3.21. The van der Waals surface area contributed by atoms with E-state index < -0.39 is 0 Å². The summed E-state index contributed by atoms with van der Waals surface area (Å²) in [4.78, 5) is 23.8. The molecule has 3 aromatic rings. The summed E-state index contributed by atoms with van der Waals surface area (Å²) in [5.74, 6) is 1.89. The average molecular weight is 420 g/mol. The van der Waals surface area contributed by atoms with Crippen molar-refractivity contribution in [3.05, 3.63) is 66.6 Å². The first-order chi connectivity index (χ1) is 15.1. The summed E-state index contributed by atoms with van der Waals surface area (Å²) in [6, 6.07) is 15.4. The fourth-order valence-corrected chi connectivity index (χ4v) is 3.68. The number of aromatic nitrogens is 2. The van der Waals surface area contributed by atoms with Crippen LogP contribution in [0, 0.1) is 11.7 Å². The number of nitrogens with zero attached hydrogens (tertiary/aromatic N) is 3. The standard InChI is InChI=1S/C24H25FN4O2/c1-2-31-21-9-7-20(8-10-21)27-24(30)18-12-15-29(16-13-18)22-11-14-26-23(28-22)17-3-5-19(25)6-4-17/h3-11,14,18H,2,12-13,15-16H2,1H3,(H,27,30). The highest BCUT2D eigenvalue weighted by molar-refractivity contribution is 5.92. The summed E-state index contributed by atoms with van der Waals surface area (Å²) in [7, 11) is 0. The molecule has 0 aliphatic carbocycles. The van der Waals surface area contributed by atoms with E-state index in [0.29, 0.717) is 12.4 Å². The van der Waals surface area contributed by atoms with Gasteiger partial charge in [-0.1, -0.05) is 0 Å². The van der Waals surface area contributed by atoms with E-state index >= 15 is 0 Å². The lowest BCUT2D eigenvalue weighted by Gasteiger charge is -2.32. The quantitative estimate of drug-likeness (QED) is 0.634. The number of carbonyl (C=O) groups is 1. The Hall–Kier alpha value is -3.48. The highest BCUT2D eigenvalue weighted by Gasteiger charge is 2.26. The summed E-state index contributed by atoms with van der Waals surface area (Å²) in [6.45, 7) is 4.03. The lowest BCUT2D eigenvalue weighted by molar-refractivity contribution is -0.120. The first-order valence-electron chi connectivity index (χ1n) is 10.5. The molecule has 1 aromatic heterocycles. The van der Waals surface area contributed by atoms with E-state index in [-0.39, 0.29) is 17.6 Å². The Bertz CT molecular complexity index is 1020. The molecule has 0 unspecified atom stereocenters. The third-order valence-electron chi connectivity index (χ3n) is 5.37. The number of halogens is 1. The molecule has 4 rings (SSSR count). The van der Waals surface area contributed by atoms with E-state index in [2.05, 4.69) is 20.2 Å². The van der Waals surface area contributed by atoms with Gasteiger partial charge in [0.2, 0.25) is 5.91 Å². The number of nitrogens with one attached hydrogen (secondary N) is 1. The highest BCUT2D eigenvalue weighted by Crippen LogP contribution is 2.25. The minimum atomic E-state index is -0.287. The molecule has 1 aliphatic heterocycles. The maximum absolute atomic E-state index is 13.2. The van der Waals surface area contributed by atoms with Crippen molar-refractivity contribution in [3.8, 4) is 17.1 Å². The maximum atomic E-state index is 13.2. The van der Waals surface area contributed by atoms with Gasteiger partial charge in [0.25, 0.3) is 0 Å². The largest absolute Gasteiger partial charge is 0.494 e. The van der Waals surface area contributed by atoms with Crippen molar-refractivity contribution in [3.63, 3.8) is 0 Å². The van der Waals surface area contributed by atoms with Crippen molar-refractivity contribution in [1.82, 2.24) is 9.97 Å². The van der Waals surface area contributed by atoms with Crippen LogP contribution in [0.5, 0.6) is 5.75 Å². The number of amides is 1. The van der Waals surface area contributed by atoms with Crippen molar-refractivity contribution < 1.29 is 13.9 Å². The molecule has 1 amide bonds. The van der Waals surface area contributed by atoms with Crippen molar-refractivity contribution >= 4 is 17.4 Å². The zero-order valence-electron chi connectivity index (χ0n) is 17.4. The van der Waals surface area contributed by atoms with Gasteiger partial charge < -0.3 is 15.0 Å². The van der Waals surface area contributed by atoms with E-state index in [0.717, 1.165) is 48.7 Å². The Balaban J connectivity index is 1.34. The Labute approximate surface area is 181 Å². The predicted molar refractivity (Wildman–Crippen MR) is 119 cm³/mol. The lowest BCUT2D eigenvalue weighted by Crippen LogP contribution is -2.38. The van der Waals surface area contributed by atoms with Crippen LogP contribution in [0.3, 0.4) is 0 Å². The molecule has 7 heteroatoms. The molecule has 1 fully saturated rings. The van der Waals surface area contributed by atoms with Gasteiger partial charge in [0.05, 0.1) is 6.61 Å². The van der Waals surface area contributed by atoms with Crippen LogP contribution in [0.2, 0.25) is 0 Å². The zero-order valence-corrected chi connectivity index (χ0v) is 17.4. The molecule has 0 bridgehead atoms. The van der Waals surface area contributed by atoms with Crippen molar-refractivity contribution in [2.45, 2.75) is 19.8 Å². The number of benzene rings is 2. The lowest BCUT2D eigenvalue weighted by atomic mass is 9.96. The molecule has 1 N–H and O–H groups in total. The number of rotatable bonds is 6. The van der Waals surface area contributed by atoms with Gasteiger partial charge in [-0.3, -0.25) is 4.79 Å². The maximum Gasteiger partial charge on any atom is 0.227 e. The number of carbonyl (C=O) groups excluding carboxylic acids is 1. The van der Waals surface area contributed by atoms with Crippen LogP contribution in [0.4, 0.5) is 15.9 Å². The van der Waals surface area contributed by atoms with Crippen LogP contribution in [0.1, 0.15) is 19.8 Å². The molecule has 160 valence electrons. The van der Waals surface area contributed by atoms with Gasteiger partial charge in [-0.05, 0) is 74.4 Å². The van der Waals surface area contributed by atoms with Crippen LogP contribution in [-0.2, 0) is 4.79 Å². The Kier molecular flexibility index (Phi) is 6.40. The van der Waals surface area contributed by atoms with Gasteiger partial charge >= 0.3 is 0 Å². The fourth-order valence-electron chi connectivity index (χ4n) is 3.68. The first-order valence-corrected chi connectivity index (χ1v) is 10.5. The number of hydrogen-bond donors (Lipinski definition) is 1. The second kappa shape index (κ2) is 9.55. The second-order valence-electron chi connectivity index (χ2n) is 7.45. The van der Waals surface area contributed by atoms with Gasteiger partial charge in [0, 0.05) is 36.5 Å². The summed E-state index contributed by atoms with van der Waals surface area (Å²) >= 11 is 0. The minimum absolute atomic E-state index is 0.0403. The van der Waals surface area contributed by atoms with Crippen LogP contribution in [-0.4, -0.2) is 35.6 Å².